The molecule has 0 fully saturated rings. The Hall–Kier alpha value is -1.33. The van der Waals surface area contributed by atoms with E-state index in [-0.39, 0.29) is 6.04 Å². The molecule has 1 aromatic heterocycles. The van der Waals surface area contributed by atoms with E-state index in [4.69, 9.17) is 10.5 Å². The van der Waals surface area contributed by atoms with Crippen LogP contribution in [-0.4, -0.2) is 31.8 Å². The van der Waals surface area contributed by atoms with Crippen LogP contribution in [0.5, 0.6) is 0 Å². The van der Waals surface area contributed by atoms with Crippen molar-refractivity contribution in [1.29, 1.82) is 0 Å². The molecule has 0 aliphatic heterocycles. The molecule has 0 aliphatic carbocycles. The Morgan fingerprint density at radius 1 is 1.47 bits per heavy atom. The number of likely N-dealkylation sites (N-methyl/N-ethyl adjacent to an activating group) is 1. The van der Waals surface area contributed by atoms with Gasteiger partial charge in [-0.25, -0.2) is 0 Å². The van der Waals surface area contributed by atoms with Crippen LogP contribution < -0.4 is 10.6 Å². The number of fused-ring (bicyclic) bond motifs is 1. The second-order valence-corrected chi connectivity index (χ2v) is 5.55. The molecule has 0 saturated carbocycles. The van der Waals surface area contributed by atoms with Crippen LogP contribution in [0.2, 0.25) is 0 Å². The van der Waals surface area contributed by atoms with Gasteiger partial charge in [-0.15, -0.1) is 0 Å². The standard InChI is InChI=1S/C14H18BrN3O/c1-9(8-19-3)18(2)13-5-4-12(16)11-6-10(15)7-17-14(11)13/h4-7,9H,8,16H2,1-3H3. The summed E-state index contributed by atoms with van der Waals surface area (Å²) < 4.78 is 6.13. The van der Waals surface area contributed by atoms with Gasteiger partial charge in [-0.2, -0.15) is 0 Å². The number of hydrogen-bond donors (Lipinski definition) is 1. The highest BCUT2D eigenvalue weighted by atomic mass is 79.9. The third-order valence-electron chi connectivity index (χ3n) is 3.28. The fourth-order valence-corrected chi connectivity index (χ4v) is 2.41. The highest BCUT2D eigenvalue weighted by Crippen LogP contribution is 2.31. The van der Waals surface area contributed by atoms with E-state index in [1.54, 1.807) is 13.3 Å². The summed E-state index contributed by atoms with van der Waals surface area (Å²) in [5.41, 5.74) is 8.73. The number of pyridine rings is 1. The summed E-state index contributed by atoms with van der Waals surface area (Å²) in [6.07, 6.45) is 1.79. The topological polar surface area (TPSA) is 51.4 Å². The summed E-state index contributed by atoms with van der Waals surface area (Å²) in [4.78, 5) is 6.65. The van der Waals surface area contributed by atoms with Crippen LogP contribution in [0.3, 0.4) is 0 Å². The van der Waals surface area contributed by atoms with Crippen LogP contribution >= 0.6 is 15.9 Å². The third-order valence-corrected chi connectivity index (χ3v) is 3.71. The number of aromatic nitrogens is 1. The summed E-state index contributed by atoms with van der Waals surface area (Å²) in [6, 6.07) is 6.19. The molecule has 5 heteroatoms. The van der Waals surface area contributed by atoms with Crippen LogP contribution in [0.25, 0.3) is 10.9 Å². The molecule has 1 aromatic carbocycles. The maximum absolute atomic E-state index is 6.02. The Morgan fingerprint density at radius 2 is 2.21 bits per heavy atom. The Bertz CT molecular complexity index is 588. The van der Waals surface area contributed by atoms with E-state index in [1.807, 2.05) is 25.2 Å². The minimum atomic E-state index is 0.266. The van der Waals surface area contributed by atoms with Gasteiger partial charge >= 0.3 is 0 Å². The van der Waals surface area contributed by atoms with Gasteiger partial charge in [0.25, 0.3) is 0 Å². The molecule has 1 unspecified atom stereocenters. The quantitative estimate of drug-likeness (QED) is 0.878. The van der Waals surface area contributed by atoms with E-state index in [0.29, 0.717) is 6.61 Å². The van der Waals surface area contributed by atoms with Gasteiger partial charge in [0.2, 0.25) is 0 Å². The first-order valence-corrected chi connectivity index (χ1v) is 6.89. The largest absolute Gasteiger partial charge is 0.398 e. The molecule has 4 nitrogen and oxygen atoms in total. The van der Waals surface area contributed by atoms with Gasteiger partial charge in [0.15, 0.2) is 0 Å². The molecule has 2 N–H and O–H groups in total. The number of halogens is 1. The molecule has 2 rings (SSSR count). The van der Waals surface area contributed by atoms with Crippen molar-refractivity contribution in [2.24, 2.45) is 0 Å². The fraction of sp³-hybridized carbons (Fsp3) is 0.357. The Labute approximate surface area is 121 Å². The summed E-state index contributed by atoms with van der Waals surface area (Å²) in [5, 5.41) is 0.961. The van der Waals surface area contributed by atoms with E-state index < -0.39 is 0 Å². The predicted molar refractivity (Wildman–Crippen MR) is 83.6 cm³/mol. The number of anilines is 2. The van der Waals surface area contributed by atoms with E-state index in [1.165, 1.54) is 0 Å². The lowest BCUT2D eigenvalue weighted by Crippen LogP contribution is -2.32. The molecule has 19 heavy (non-hydrogen) atoms. The van der Waals surface area contributed by atoms with Crippen molar-refractivity contribution in [3.63, 3.8) is 0 Å². The number of nitrogens with two attached hydrogens (primary N) is 1. The number of nitrogen functional groups attached to an aromatic ring is 1. The van der Waals surface area contributed by atoms with Gasteiger partial charge in [-0.3, -0.25) is 4.98 Å². The molecule has 0 saturated heterocycles. The van der Waals surface area contributed by atoms with Crippen LogP contribution in [0.1, 0.15) is 6.92 Å². The average molecular weight is 324 g/mol. The van der Waals surface area contributed by atoms with Gasteiger partial charge in [0.05, 0.1) is 17.8 Å². The summed E-state index contributed by atoms with van der Waals surface area (Å²) in [7, 11) is 3.75. The van der Waals surface area contributed by atoms with Crippen LogP contribution in [0.4, 0.5) is 11.4 Å². The van der Waals surface area contributed by atoms with Crippen molar-refractivity contribution >= 4 is 38.2 Å². The number of ether oxygens (including phenoxy) is 1. The molecule has 0 spiro atoms. The molecule has 2 aromatic rings. The number of rotatable bonds is 4. The maximum atomic E-state index is 6.02. The third kappa shape index (κ3) is 2.82. The number of hydrogen-bond acceptors (Lipinski definition) is 4. The molecule has 0 amide bonds. The second kappa shape index (κ2) is 5.75. The van der Waals surface area contributed by atoms with Crippen LogP contribution in [-0.2, 0) is 4.74 Å². The van der Waals surface area contributed by atoms with Gasteiger partial charge in [0, 0.05) is 41.9 Å². The lowest BCUT2D eigenvalue weighted by atomic mass is 10.1. The smallest absolute Gasteiger partial charge is 0.0956 e. The van der Waals surface area contributed by atoms with Crippen molar-refractivity contribution in [1.82, 2.24) is 4.98 Å². The normalized spacial score (nSPS) is 12.6. The van der Waals surface area contributed by atoms with Crippen molar-refractivity contribution in [2.45, 2.75) is 13.0 Å². The lowest BCUT2D eigenvalue weighted by molar-refractivity contribution is 0.183. The molecular weight excluding hydrogens is 306 g/mol. The zero-order valence-electron chi connectivity index (χ0n) is 11.4. The SMILES string of the molecule is COCC(C)N(C)c1ccc(N)c2cc(Br)cnc12. The van der Waals surface area contributed by atoms with Gasteiger partial charge in [-0.05, 0) is 41.1 Å². The minimum Gasteiger partial charge on any atom is -0.398 e. The molecule has 102 valence electrons. The van der Waals surface area contributed by atoms with E-state index in [0.717, 1.165) is 26.8 Å². The van der Waals surface area contributed by atoms with Crippen LogP contribution in [0, 0.1) is 0 Å². The summed E-state index contributed by atoms with van der Waals surface area (Å²) >= 11 is 3.43. The molecule has 1 atom stereocenters. The number of benzene rings is 1. The summed E-state index contributed by atoms with van der Waals surface area (Å²) in [5.74, 6) is 0. The lowest BCUT2D eigenvalue weighted by Gasteiger charge is -2.27. The zero-order chi connectivity index (χ0) is 14.0. The van der Waals surface area contributed by atoms with E-state index >= 15 is 0 Å². The number of methoxy groups -OCH3 is 1. The second-order valence-electron chi connectivity index (χ2n) is 4.64. The molecule has 1 heterocycles. The number of nitrogens with zero attached hydrogens (tertiary/aromatic N) is 2. The Kier molecular flexibility index (Phi) is 4.27. The fourth-order valence-electron chi connectivity index (χ4n) is 2.08. The molecular formula is C14H18BrN3O. The highest BCUT2D eigenvalue weighted by Gasteiger charge is 2.14. The van der Waals surface area contributed by atoms with Crippen molar-refractivity contribution in [3.05, 3.63) is 28.9 Å². The maximum Gasteiger partial charge on any atom is 0.0956 e. The monoisotopic (exact) mass is 323 g/mol. The van der Waals surface area contributed by atoms with Crippen molar-refractivity contribution < 1.29 is 4.74 Å². The van der Waals surface area contributed by atoms with Crippen molar-refractivity contribution in [2.75, 3.05) is 31.4 Å². The first-order chi connectivity index (χ1) is 9.04. The molecule has 0 bridgehead atoms. The first-order valence-electron chi connectivity index (χ1n) is 6.10. The first kappa shape index (κ1) is 14.1. The van der Waals surface area contributed by atoms with E-state index in [2.05, 4.69) is 32.7 Å². The highest BCUT2D eigenvalue weighted by molar-refractivity contribution is 9.10. The minimum absolute atomic E-state index is 0.266. The predicted octanol–water partition coefficient (Wildman–Crippen LogP) is 3.05. The van der Waals surface area contributed by atoms with Gasteiger partial charge in [-0.1, -0.05) is 0 Å². The molecule has 0 radical (unpaired) electrons. The average Bonchev–Trinajstić information content (AvgIpc) is 2.39. The Morgan fingerprint density at radius 3 is 2.89 bits per heavy atom. The summed E-state index contributed by atoms with van der Waals surface area (Å²) in [6.45, 7) is 2.78. The zero-order valence-corrected chi connectivity index (χ0v) is 12.9. The van der Waals surface area contributed by atoms with Gasteiger partial charge in [0.1, 0.15) is 0 Å². The van der Waals surface area contributed by atoms with Gasteiger partial charge < -0.3 is 15.4 Å². The van der Waals surface area contributed by atoms with Crippen molar-refractivity contribution in [3.8, 4) is 0 Å². The van der Waals surface area contributed by atoms with Crippen LogP contribution in [0.15, 0.2) is 28.9 Å². The Balaban J connectivity index is 2.52. The van der Waals surface area contributed by atoms with E-state index in [9.17, 15) is 0 Å². The molecule has 0 aliphatic rings.